The van der Waals surface area contributed by atoms with Crippen LogP contribution in [0.5, 0.6) is 0 Å². The second-order valence-electron chi connectivity index (χ2n) is 12.2. The number of fused-ring (bicyclic) bond motifs is 2. The number of hydrogen-bond acceptors (Lipinski definition) is 2. The molecule has 0 aromatic heterocycles. The first-order valence-electron chi connectivity index (χ1n) is 14.4. The van der Waals surface area contributed by atoms with E-state index in [1.807, 2.05) is 12.2 Å². The van der Waals surface area contributed by atoms with Gasteiger partial charge in [-0.25, -0.2) is 0 Å². The van der Waals surface area contributed by atoms with E-state index in [0.717, 1.165) is 51.4 Å². The molecule has 2 bridgehead atoms. The molecule has 2 saturated carbocycles. The summed E-state index contributed by atoms with van der Waals surface area (Å²) in [6.45, 7) is 14.5. The molecule has 0 aromatic carbocycles. The van der Waals surface area contributed by atoms with Gasteiger partial charge in [0.2, 0.25) is 0 Å². The van der Waals surface area contributed by atoms with Crippen molar-refractivity contribution in [3.8, 4) is 0 Å². The molecule has 33 heavy (non-hydrogen) atoms. The van der Waals surface area contributed by atoms with Gasteiger partial charge in [-0.05, 0) is 62.7 Å². The van der Waals surface area contributed by atoms with E-state index in [1.165, 1.54) is 70.6 Å². The molecule has 0 saturated heterocycles. The first-order valence-corrected chi connectivity index (χ1v) is 14.4. The standard InChI is InChI=1S/C31H56O2/c1-6-8-10-12-14-16-18-20-22-25-31(33)29(5)26-23-27(28(29,3)4)30(31,32)24-21-19-17-15-13-11-9-7-2/h6-7,27,32-33H,1-2,8-26H2,3-5H3/t27-,29-,30-,31+/m0/s1. The van der Waals surface area contributed by atoms with Gasteiger partial charge in [-0.15, -0.1) is 13.2 Å². The molecule has 0 amide bonds. The fourth-order valence-corrected chi connectivity index (χ4v) is 7.66. The van der Waals surface area contributed by atoms with Crippen LogP contribution in [0.3, 0.4) is 0 Å². The van der Waals surface area contributed by atoms with Gasteiger partial charge in [-0.2, -0.15) is 0 Å². The lowest BCUT2D eigenvalue weighted by atomic mass is 9.59. The van der Waals surface area contributed by atoms with Crippen molar-refractivity contribution in [2.75, 3.05) is 0 Å². The van der Waals surface area contributed by atoms with Gasteiger partial charge in [0.25, 0.3) is 0 Å². The minimum atomic E-state index is -0.944. The molecule has 0 aliphatic heterocycles. The molecule has 192 valence electrons. The van der Waals surface area contributed by atoms with E-state index in [1.54, 1.807) is 0 Å². The minimum Gasteiger partial charge on any atom is -0.387 e. The summed E-state index contributed by atoms with van der Waals surface area (Å²) >= 11 is 0. The van der Waals surface area contributed by atoms with Crippen LogP contribution >= 0.6 is 0 Å². The van der Waals surface area contributed by atoms with E-state index in [4.69, 9.17) is 0 Å². The maximum Gasteiger partial charge on any atom is 0.0994 e. The van der Waals surface area contributed by atoms with E-state index in [9.17, 15) is 10.2 Å². The molecule has 2 aliphatic carbocycles. The number of allylic oxidation sites excluding steroid dienone is 2. The van der Waals surface area contributed by atoms with Gasteiger partial charge < -0.3 is 10.2 Å². The monoisotopic (exact) mass is 460 g/mol. The highest BCUT2D eigenvalue weighted by Crippen LogP contribution is 2.75. The van der Waals surface area contributed by atoms with Crippen molar-refractivity contribution in [1.82, 2.24) is 0 Å². The van der Waals surface area contributed by atoms with Crippen molar-refractivity contribution in [2.45, 2.75) is 154 Å². The van der Waals surface area contributed by atoms with Gasteiger partial charge in [0.15, 0.2) is 0 Å². The fraction of sp³-hybridized carbons (Fsp3) is 0.871. The summed E-state index contributed by atoms with van der Waals surface area (Å²) in [7, 11) is 0. The average Bonchev–Trinajstić information content (AvgIpc) is 3.07. The molecule has 2 fully saturated rings. The normalized spacial score (nSPS) is 32.3. The number of rotatable bonds is 19. The second-order valence-corrected chi connectivity index (χ2v) is 12.2. The Hall–Kier alpha value is -0.600. The molecule has 0 unspecified atom stereocenters. The van der Waals surface area contributed by atoms with Crippen LogP contribution in [0.15, 0.2) is 25.3 Å². The fourth-order valence-electron chi connectivity index (χ4n) is 7.66. The molecule has 2 aliphatic rings. The number of unbranched alkanes of at least 4 members (excludes halogenated alkanes) is 13. The topological polar surface area (TPSA) is 40.5 Å². The van der Waals surface area contributed by atoms with Gasteiger partial charge in [0, 0.05) is 5.41 Å². The molecule has 2 heteroatoms. The van der Waals surface area contributed by atoms with Gasteiger partial charge >= 0.3 is 0 Å². The molecule has 0 aromatic rings. The average molecular weight is 461 g/mol. The van der Waals surface area contributed by atoms with Crippen LogP contribution < -0.4 is 0 Å². The van der Waals surface area contributed by atoms with Gasteiger partial charge in [0.05, 0.1) is 11.2 Å². The van der Waals surface area contributed by atoms with Crippen LogP contribution in [0.1, 0.15) is 143 Å². The zero-order valence-electron chi connectivity index (χ0n) is 22.5. The van der Waals surface area contributed by atoms with Crippen molar-refractivity contribution in [3.05, 3.63) is 25.3 Å². The quantitative estimate of drug-likeness (QED) is 0.149. The highest BCUT2D eigenvalue weighted by atomic mass is 16.4. The highest BCUT2D eigenvalue weighted by molar-refractivity contribution is 5.28. The predicted molar refractivity (Wildman–Crippen MR) is 143 cm³/mol. The van der Waals surface area contributed by atoms with Gasteiger partial charge in [0.1, 0.15) is 0 Å². The molecule has 2 N–H and O–H groups in total. The summed E-state index contributed by atoms with van der Waals surface area (Å²) in [6.07, 6.45) is 25.8. The zero-order valence-corrected chi connectivity index (χ0v) is 22.5. The first kappa shape index (κ1) is 28.6. The van der Waals surface area contributed by atoms with Crippen LogP contribution in [-0.4, -0.2) is 21.4 Å². The molecule has 0 spiro atoms. The van der Waals surface area contributed by atoms with E-state index in [0.29, 0.717) is 0 Å². The first-order chi connectivity index (χ1) is 15.7. The summed E-state index contributed by atoms with van der Waals surface area (Å²) in [6, 6.07) is 0. The Kier molecular flexibility index (Phi) is 11.2. The Morgan fingerprint density at radius 1 is 0.667 bits per heavy atom. The third-order valence-corrected chi connectivity index (χ3v) is 10.1. The molecular weight excluding hydrogens is 404 g/mol. The molecule has 0 radical (unpaired) electrons. The molecule has 0 heterocycles. The summed E-state index contributed by atoms with van der Waals surface area (Å²) in [5.41, 5.74) is -2.06. The summed E-state index contributed by atoms with van der Waals surface area (Å²) < 4.78 is 0. The largest absolute Gasteiger partial charge is 0.387 e. The molecule has 2 nitrogen and oxygen atoms in total. The predicted octanol–water partition coefficient (Wildman–Crippen LogP) is 8.91. The van der Waals surface area contributed by atoms with Crippen LogP contribution in [-0.2, 0) is 0 Å². The lowest BCUT2D eigenvalue weighted by Crippen LogP contribution is -2.61. The maximum atomic E-state index is 12.2. The molecule has 2 rings (SSSR count). The number of aliphatic hydroxyl groups is 2. The smallest absolute Gasteiger partial charge is 0.0994 e. The van der Waals surface area contributed by atoms with E-state index in [2.05, 4.69) is 33.9 Å². The SMILES string of the molecule is C=CCCCCCCCCC[C@@]1(O)[C@@]2(C)CC[C@@H](C2(C)C)[C@@]1(O)CCCCCCCCC=C. The lowest BCUT2D eigenvalue weighted by molar-refractivity contribution is -0.214. The lowest BCUT2D eigenvalue weighted by Gasteiger charge is -2.52. The minimum absolute atomic E-state index is 0.00760. The summed E-state index contributed by atoms with van der Waals surface area (Å²) in [4.78, 5) is 0. The zero-order chi connectivity index (χ0) is 24.4. The van der Waals surface area contributed by atoms with E-state index in [-0.39, 0.29) is 16.7 Å². The highest BCUT2D eigenvalue weighted by Gasteiger charge is 2.78. The third-order valence-electron chi connectivity index (χ3n) is 10.1. The Bertz CT molecular complexity index is 596. The Labute approximate surface area is 206 Å². The molecule has 4 atom stereocenters. The third kappa shape index (κ3) is 5.97. The summed E-state index contributed by atoms with van der Waals surface area (Å²) in [5.74, 6) is 0.220. The Morgan fingerprint density at radius 3 is 1.58 bits per heavy atom. The van der Waals surface area contributed by atoms with Crippen molar-refractivity contribution in [3.63, 3.8) is 0 Å². The molecular formula is C31H56O2. The van der Waals surface area contributed by atoms with Crippen LogP contribution in [0.4, 0.5) is 0 Å². The van der Waals surface area contributed by atoms with Crippen molar-refractivity contribution in [2.24, 2.45) is 16.7 Å². The van der Waals surface area contributed by atoms with E-state index >= 15 is 0 Å². The van der Waals surface area contributed by atoms with Crippen molar-refractivity contribution in [1.29, 1.82) is 0 Å². The van der Waals surface area contributed by atoms with Crippen LogP contribution in [0.25, 0.3) is 0 Å². The summed E-state index contributed by atoms with van der Waals surface area (Å²) in [5, 5.41) is 24.4. The van der Waals surface area contributed by atoms with Crippen molar-refractivity contribution < 1.29 is 10.2 Å². The number of hydrogen-bond donors (Lipinski definition) is 2. The van der Waals surface area contributed by atoms with Gasteiger partial charge in [-0.1, -0.05) is 104 Å². The van der Waals surface area contributed by atoms with Gasteiger partial charge in [-0.3, -0.25) is 0 Å². The Balaban J connectivity index is 1.87. The second kappa shape index (κ2) is 12.9. The van der Waals surface area contributed by atoms with Crippen molar-refractivity contribution >= 4 is 0 Å². The van der Waals surface area contributed by atoms with E-state index < -0.39 is 11.2 Å². The van der Waals surface area contributed by atoms with Crippen LogP contribution in [0.2, 0.25) is 0 Å². The Morgan fingerprint density at radius 2 is 1.09 bits per heavy atom. The van der Waals surface area contributed by atoms with Crippen LogP contribution in [0, 0.1) is 16.7 Å². The maximum absolute atomic E-state index is 12.2.